The first-order valence-corrected chi connectivity index (χ1v) is 23.9. The molecule has 0 unspecified atom stereocenters. The first-order valence-electron chi connectivity index (χ1n) is 23.9. The van der Waals surface area contributed by atoms with Crippen LogP contribution in [0.1, 0.15) is 82.7 Å². The van der Waals surface area contributed by atoms with Gasteiger partial charge in [0.25, 0.3) is 0 Å². The molecule has 67 heavy (non-hydrogen) atoms. The Balaban J connectivity index is 0.000000168. The largest absolute Gasteiger partial charge is 0.497 e. The molecule has 9 nitrogen and oxygen atoms in total. The Morgan fingerprint density at radius 2 is 0.881 bits per heavy atom. The molecule has 0 saturated carbocycles. The van der Waals surface area contributed by atoms with Gasteiger partial charge < -0.3 is 33.2 Å². The average Bonchev–Trinajstić information content (AvgIpc) is 4.12. The predicted molar refractivity (Wildman–Crippen MR) is 261 cm³/mol. The van der Waals surface area contributed by atoms with Crippen molar-refractivity contribution in [3.05, 3.63) is 173 Å². The lowest BCUT2D eigenvalue weighted by Crippen LogP contribution is -2.25. The summed E-state index contributed by atoms with van der Waals surface area (Å²) in [5.41, 5.74) is 6.80. The van der Waals surface area contributed by atoms with Crippen LogP contribution >= 0.6 is 0 Å². The molecule has 4 aliphatic rings. The lowest BCUT2D eigenvalue weighted by molar-refractivity contribution is 0.237. The van der Waals surface area contributed by atoms with Gasteiger partial charge in [-0.25, -0.2) is 4.39 Å². The minimum Gasteiger partial charge on any atom is -0.497 e. The lowest BCUT2D eigenvalue weighted by Gasteiger charge is -2.35. The molecule has 4 aliphatic heterocycles. The van der Waals surface area contributed by atoms with E-state index in [9.17, 15) is 4.39 Å². The fourth-order valence-electron chi connectivity index (χ4n) is 10.2. The van der Waals surface area contributed by atoms with E-state index in [0.717, 1.165) is 76.6 Å². The Hall–Kier alpha value is -6.23. The van der Waals surface area contributed by atoms with E-state index in [1.165, 1.54) is 74.6 Å². The number of hydrogen-bond donors (Lipinski definition) is 0. The maximum atomic E-state index is 14.1. The molecule has 0 aromatic heterocycles. The van der Waals surface area contributed by atoms with E-state index in [1.54, 1.807) is 33.5 Å². The number of ether oxygens (including phenoxy) is 7. The van der Waals surface area contributed by atoms with Crippen LogP contribution in [0.4, 0.5) is 4.39 Å². The zero-order valence-corrected chi connectivity index (χ0v) is 39.0. The van der Waals surface area contributed by atoms with Crippen LogP contribution < -0.4 is 33.2 Å². The summed E-state index contributed by atoms with van der Waals surface area (Å²) in [6, 6.07) is 44.2. The Morgan fingerprint density at radius 1 is 0.463 bits per heavy atom. The highest BCUT2D eigenvalue weighted by molar-refractivity contribution is 5.53. The molecule has 0 aliphatic carbocycles. The van der Waals surface area contributed by atoms with Crippen molar-refractivity contribution in [2.45, 2.75) is 49.4 Å². The number of nitrogens with zero attached hydrogens (tertiary/aromatic N) is 2. The molecule has 4 heterocycles. The number of likely N-dealkylation sites (tertiary alicyclic amines) is 2. The third-order valence-electron chi connectivity index (χ3n) is 13.8. The summed E-state index contributed by atoms with van der Waals surface area (Å²) in [5, 5.41) is 0. The van der Waals surface area contributed by atoms with Crippen molar-refractivity contribution in [3.63, 3.8) is 0 Å². The van der Waals surface area contributed by atoms with Crippen molar-refractivity contribution >= 4 is 0 Å². The van der Waals surface area contributed by atoms with Gasteiger partial charge in [-0.1, -0.05) is 60.7 Å². The van der Waals surface area contributed by atoms with E-state index in [4.69, 9.17) is 33.2 Å². The van der Waals surface area contributed by atoms with Gasteiger partial charge in [0.15, 0.2) is 0 Å². The van der Waals surface area contributed by atoms with Crippen molar-refractivity contribution in [2.24, 2.45) is 0 Å². The number of benzene rings is 6. The van der Waals surface area contributed by atoms with Crippen molar-refractivity contribution < 1.29 is 37.5 Å². The van der Waals surface area contributed by atoms with Crippen LogP contribution in [-0.4, -0.2) is 96.8 Å². The fraction of sp³-hybridized carbons (Fsp3) is 0.368. The van der Waals surface area contributed by atoms with Gasteiger partial charge in [-0.2, -0.15) is 0 Å². The first-order chi connectivity index (χ1) is 33.0. The molecule has 4 atom stereocenters. The number of methoxy groups -OCH3 is 3. The summed E-state index contributed by atoms with van der Waals surface area (Å²) < 4.78 is 54.8. The molecular formula is C57H63FN2O7. The predicted octanol–water partition coefficient (Wildman–Crippen LogP) is 11.1. The van der Waals surface area contributed by atoms with Crippen molar-refractivity contribution in [2.75, 3.05) is 87.0 Å². The molecule has 0 amide bonds. The minimum atomic E-state index is -0.228. The van der Waals surface area contributed by atoms with E-state index in [1.807, 2.05) is 54.6 Å². The fourth-order valence-corrected chi connectivity index (χ4v) is 10.2. The summed E-state index contributed by atoms with van der Waals surface area (Å²) in [6.45, 7) is 9.21. The molecule has 2 saturated heterocycles. The van der Waals surface area contributed by atoms with Crippen LogP contribution in [0.3, 0.4) is 0 Å². The van der Waals surface area contributed by atoms with Gasteiger partial charge in [-0.15, -0.1) is 0 Å². The highest BCUT2D eigenvalue weighted by Gasteiger charge is 2.35. The van der Waals surface area contributed by atoms with Gasteiger partial charge in [0, 0.05) is 60.0 Å². The molecule has 0 radical (unpaired) electrons. The molecule has 6 aromatic rings. The first kappa shape index (κ1) is 45.9. The number of fused-ring (bicyclic) bond motifs is 2. The van der Waals surface area contributed by atoms with Crippen LogP contribution in [0.2, 0.25) is 0 Å². The molecule has 350 valence electrons. The van der Waals surface area contributed by atoms with E-state index >= 15 is 0 Å². The van der Waals surface area contributed by atoms with E-state index < -0.39 is 0 Å². The van der Waals surface area contributed by atoms with Crippen LogP contribution in [0.15, 0.2) is 133 Å². The van der Waals surface area contributed by atoms with Gasteiger partial charge in [-0.05, 0) is 135 Å². The number of halogens is 1. The average molecular weight is 907 g/mol. The molecule has 0 N–H and O–H groups in total. The Kier molecular flexibility index (Phi) is 15.1. The van der Waals surface area contributed by atoms with Gasteiger partial charge >= 0.3 is 0 Å². The third-order valence-corrected chi connectivity index (χ3v) is 13.8. The van der Waals surface area contributed by atoms with Crippen LogP contribution in [0.25, 0.3) is 0 Å². The van der Waals surface area contributed by atoms with Gasteiger partial charge in [-0.3, -0.25) is 9.80 Å². The van der Waals surface area contributed by atoms with E-state index in [0.29, 0.717) is 19.8 Å². The summed E-state index contributed by atoms with van der Waals surface area (Å²) in [6.07, 6.45) is 5.20. The molecule has 10 heteroatoms. The highest BCUT2D eigenvalue weighted by Crippen LogP contribution is 2.49. The zero-order chi connectivity index (χ0) is 46.0. The summed E-state index contributed by atoms with van der Waals surface area (Å²) in [7, 11) is 5.04. The summed E-state index contributed by atoms with van der Waals surface area (Å²) in [4.78, 5) is 4.92. The minimum absolute atomic E-state index is 0.00327. The molecule has 10 rings (SSSR count). The Morgan fingerprint density at radius 3 is 1.33 bits per heavy atom. The number of hydrogen-bond acceptors (Lipinski definition) is 9. The second kappa shape index (κ2) is 22.0. The second-order valence-electron chi connectivity index (χ2n) is 17.9. The van der Waals surface area contributed by atoms with Gasteiger partial charge in [0.1, 0.15) is 59.3 Å². The standard InChI is InChI=1S/C29H33NO4.C28H30FNO3/c1-31-24-7-5-6-22(18-24)27-20-34-28-19-25(32-2)12-13-26(28)29(27)21-8-10-23(11-9-21)33-17-16-30-14-3-4-15-30;1-31-24-11-12-25-27(18-24)33-19-26(21-5-4-6-22(29)17-21)28(25)20-7-9-23(10-8-20)32-16-15-30-13-2-3-14-30/h5-13,18-19,27,29H,3-4,14-17,20H2,1-2H3;4-12,17-18,26,28H,2-3,13-16,19H2,1H3/t27-,29-;26-,28-/m00/s1. The zero-order valence-electron chi connectivity index (χ0n) is 39.0. The molecule has 0 spiro atoms. The highest BCUT2D eigenvalue weighted by atomic mass is 19.1. The van der Waals surface area contributed by atoms with Gasteiger partial charge in [0.2, 0.25) is 0 Å². The SMILES string of the molecule is COc1ccc2c(c1)OC[C@@H](c1cccc(F)c1)[C@H]2c1ccc(OCCN2CCCC2)cc1.COc1cccc([C@@H]2COc3cc(OC)ccc3[C@@H]2c2ccc(OCCN3CCCC3)cc2)c1. The molecular weight excluding hydrogens is 844 g/mol. The molecule has 2 fully saturated rings. The normalized spacial score (nSPS) is 20.0. The second-order valence-corrected chi connectivity index (χ2v) is 17.9. The maximum Gasteiger partial charge on any atom is 0.126 e. The smallest absolute Gasteiger partial charge is 0.126 e. The van der Waals surface area contributed by atoms with E-state index in [-0.39, 0.29) is 29.5 Å². The van der Waals surface area contributed by atoms with Crippen LogP contribution in [0, 0.1) is 5.82 Å². The Bertz CT molecular complexity index is 2520. The van der Waals surface area contributed by atoms with E-state index in [2.05, 4.69) is 70.5 Å². The van der Waals surface area contributed by atoms with Crippen LogP contribution in [-0.2, 0) is 0 Å². The summed E-state index contributed by atoms with van der Waals surface area (Å²) in [5.74, 6) is 6.06. The lowest BCUT2D eigenvalue weighted by atomic mass is 9.76. The summed E-state index contributed by atoms with van der Waals surface area (Å²) >= 11 is 0. The monoisotopic (exact) mass is 906 g/mol. The Labute approximate surface area is 395 Å². The molecule has 0 bridgehead atoms. The topological polar surface area (TPSA) is 71.1 Å². The quantitative estimate of drug-likeness (QED) is 0.100. The van der Waals surface area contributed by atoms with Crippen molar-refractivity contribution in [1.82, 2.24) is 9.80 Å². The number of rotatable bonds is 15. The maximum absolute atomic E-state index is 14.1. The van der Waals surface area contributed by atoms with Crippen molar-refractivity contribution in [3.8, 4) is 40.2 Å². The third kappa shape index (κ3) is 11.1. The van der Waals surface area contributed by atoms with Gasteiger partial charge in [0.05, 0.1) is 34.5 Å². The van der Waals surface area contributed by atoms with Crippen LogP contribution in [0.5, 0.6) is 40.2 Å². The van der Waals surface area contributed by atoms with Crippen molar-refractivity contribution in [1.29, 1.82) is 0 Å². The molecule has 6 aromatic carbocycles.